The van der Waals surface area contributed by atoms with Crippen LogP contribution >= 0.6 is 0 Å². The highest BCUT2D eigenvalue weighted by atomic mass is 16.5. The van der Waals surface area contributed by atoms with Gasteiger partial charge in [-0.15, -0.1) is 0 Å². The molecule has 23 heavy (non-hydrogen) atoms. The van der Waals surface area contributed by atoms with E-state index in [1.165, 1.54) is 0 Å². The summed E-state index contributed by atoms with van der Waals surface area (Å²) in [5, 5.41) is 14.0. The Hall–Kier alpha value is -2.12. The molecule has 1 aliphatic rings. The highest BCUT2D eigenvalue weighted by Crippen LogP contribution is 2.21. The molecule has 0 unspecified atom stereocenters. The first-order valence-corrected chi connectivity index (χ1v) is 7.70. The molecule has 1 aromatic carbocycles. The molecule has 0 aliphatic carbocycles. The summed E-state index contributed by atoms with van der Waals surface area (Å²) in [5.74, 6) is 0.00503. The second-order valence-electron chi connectivity index (χ2n) is 5.48. The third kappa shape index (κ3) is 5.22. The van der Waals surface area contributed by atoms with Gasteiger partial charge < -0.3 is 25.4 Å². The third-order valence-corrected chi connectivity index (χ3v) is 3.57. The Balaban J connectivity index is 1.76. The number of carbonyl (C=O) groups is 2. The molecule has 2 rings (SSSR count). The predicted molar refractivity (Wildman–Crippen MR) is 86.4 cm³/mol. The van der Waals surface area contributed by atoms with Crippen LogP contribution in [0.1, 0.15) is 12.0 Å². The fourth-order valence-corrected chi connectivity index (χ4v) is 2.42. The van der Waals surface area contributed by atoms with Gasteiger partial charge in [0.15, 0.2) is 0 Å². The van der Waals surface area contributed by atoms with Crippen LogP contribution < -0.4 is 15.5 Å². The van der Waals surface area contributed by atoms with Crippen LogP contribution in [0, 0.1) is 6.92 Å². The molecular formula is C16H23N3O4. The minimum absolute atomic E-state index is 0.00503. The number of nitrogens with one attached hydrogen (secondary N) is 2. The van der Waals surface area contributed by atoms with E-state index in [9.17, 15) is 9.59 Å². The molecule has 1 aromatic rings. The maximum absolute atomic E-state index is 12.1. The standard InChI is InChI=1S/C16H23N3O4/c1-12-2-4-14(5-3-12)19-11-13(10-15(19)21)18-16(22)17-6-8-23-9-7-20/h2-5,13,20H,6-11H2,1H3,(H2,17,18,22)/t13-/m1/s1. The Morgan fingerprint density at radius 1 is 1.35 bits per heavy atom. The van der Waals surface area contributed by atoms with Gasteiger partial charge in [-0.3, -0.25) is 4.79 Å². The van der Waals surface area contributed by atoms with E-state index < -0.39 is 0 Å². The van der Waals surface area contributed by atoms with Crippen molar-refractivity contribution in [2.24, 2.45) is 0 Å². The van der Waals surface area contributed by atoms with Gasteiger partial charge in [0, 0.05) is 25.2 Å². The van der Waals surface area contributed by atoms with E-state index in [0.717, 1.165) is 11.3 Å². The van der Waals surface area contributed by atoms with Crippen molar-refractivity contribution in [3.05, 3.63) is 29.8 Å². The van der Waals surface area contributed by atoms with Gasteiger partial charge in [0.2, 0.25) is 5.91 Å². The smallest absolute Gasteiger partial charge is 0.315 e. The lowest BCUT2D eigenvalue weighted by molar-refractivity contribution is -0.117. The second-order valence-corrected chi connectivity index (χ2v) is 5.48. The summed E-state index contributed by atoms with van der Waals surface area (Å²) in [6, 6.07) is 7.22. The maximum atomic E-state index is 12.1. The molecule has 0 spiro atoms. The monoisotopic (exact) mass is 321 g/mol. The summed E-state index contributed by atoms with van der Waals surface area (Å²) in [5.41, 5.74) is 1.99. The molecule has 3 N–H and O–H groups in total. The number of rotatable bonds is 7. The fourth-order valence-electron chi connectivity index (χ4n) is 2.42. The topological polar surface area (TPSA) is 90.9 Å². The number of hydrogen-bond acceptors (Lipinski definition) is 4. The zero-order chi connectivity index (χ0) is 16.7. The summed E-state index contributed by atoms with van der Waals surface area (Å²) >= 11 is 0. The van der Waals surface area contributed by atoms with E-state index in [0.29, 0.717) is 26.1 Å². The van der Waals surface area contributed by atoms with Crippen molar-refractivity contribution >= 4 is 17.6 Å². The van der Waals surface area contributed by atoms with Crippen molar-refractivity contribution in [1.82, 2.24) is 10.6 Å². The molecule has 1 atom stereocenters. The van der Waals surface area contributed by atoms with E-state index in [1.54, 1.807) is 4.90 Å². The van der Waals surface area contributed by atoms with Crippen molar-refractivity contribution in [3.8, 4) is 0 Å². The number of amides is 3. The van der Waals surface area contributed by atoms with Gasteiger partial charge in [-0.1, -0.05) is 17.7 Å². The SMILES string of the molecule is Cc1ccc(N2C[C@H](NC(=O)NCCOCCO)CC2=O)cc1. The molecule has 0 saturated carbocycles. The normalized spacial score (nSPS) is 17.4. The average Bonchev–Trinajstić information content (AvgIpc) is 2.88. The zero-order valence-electron chi connectivity index (χ0n) is 13.2. The van der Waals surface area contributed by atoms with Crippen molar-refractivity contribution in [1.29, 1.82) is 0 Å². The maximum Gasteiger partial charge on any atom is 0.315 e. The molecule has 7 heteroatoms. The number of ether oxygens (including phenoxy) is 1. The van der Waals surface area contributed by atoms with Gasteiger partial charge in [-0.2, -0.15) is 0 Å². The molecular weight excluding hydrogens is 298 g/mol. The van der Waals surface area contributed by atoms with E-state index in [1.807, 2.05) is 31.2 Å². The van der Waals surface area contributed by atoms with Crippen LogP contribution in [0.3, 0.4) is 0 Å². The summed E-state index contributed by atoms with van der Waals surface area (Å²) in [7, 11) is 0. The lowest BCUT2D eigenvalue weighted by Gasteiger charge is -2.17. The van der Waals surface area contributed by atoms with Crippen LogP contribution in [0.5, 0.6) is 0 Å². The molecule has 0 aromatic heterocycles. The summed E-state index contributed by atoms with van der Waals surface area (Å²) < 4.78 is 5.05. The van der Waals surface area contributed by atoms with E-state index in [-0.39, 0.29) is 31.2 Å². The quantitative estimate of drug-likeness (QED) is 0.634. The van der Waals surface area contributed by atoms with E-state index >= 15 is 0 Å². The molecule has 1 fully saturated rings. The van der Waals surface area contributed by atoms with Gasteiger partial charge in [0.05, 0.1) is 25.9 Å². The van der Waals surface area contributed by atoms with E-state index in [2.05, 4.69) is 10.6 Å². The minimum atomic E-state index is -0.318. The Bertz CT molecular complexity index is 533. The molecule has 1 saturated heterocycles. The largest absolute Gasteiger partial charge is 0.394 e. The Kier molecular flexibility index (Phi) is 6.37. The number of aryl methyl sites for hydroxylation is 1. The molecule has 126 valence electrons. The zero-order valence-corrected chi connectivity index (χ0v) is 13.2. The molecule has 3 amide bonds. The summed E-state index contributed by atoms with van der Waals surface area (Å²) in [4.78, 5) is 25.6. The number of hydrogen-bond donors (Lipinski definition) is 3. The fraction of sp³-hybridized carbons (Fsp3) is 0.500. The second kappa shape index (κ2) is 8.50. The van der Waals surface area contributed by atoms with Gasteiger partial charge >= 0.3 is 6.03 Å². The number of urea groups is 1. The Morgan fingerprint density at radius 2 is 2.09 bits per heavy atom. The number of benzene rings is 1. The molecule has 0 radical (unpaired) electrons. The number of aliphatic hydroxyl groups is 1. The van der Waals surface area contributed by atoms with Gasteiger partial charge in [0.25, 0.3) is 0 Å². The van der Waals surface area contributed by atoms with Crippen molar-refractivity contribution in [2.45, 2.75) is 19.4 Å². The summed E-state index contributed by atoms with van der Waals surface area (Å²) in [6.45, 7) is 3.38. The lowest BCUT2D eigenvalue weighted by Crippen LogP contribution is -2.44. The molecule has 7 nitrogen and oxygen atoms in total. The van der Waals surface area contributed by atoms with Gasteiger partial charge in [-0.25, -0.2) is 4.79 Å². The average molecular weight is 321 g/mol. The highest BCUT2D eigenvalue weighted by Gasteiger charge is 2.31. The number of aliphatic hydroxyl groups excluding tert-OH is 1. The Labute approximate surface area is 135 Å². The molecule has 0 bridgehead atoms. The van der Waals surface area contributed by atoms with Gasteiger partial charge in [-0.05, 0) is 19.1 Å². The lowest BCUT2D eigenvalue weighted by atomic mass is 10.2. The summed E-state index contributed by atoms with van der Waals surface area (Å²) in [6.07, 6.45) is 0.294. The molecule has 1 heterocycles. The highest BCUT2D eigenvalue weighted by molar-refractivity contribution is 5.96. The van der Waals surface area contributed by atoms with E-state index in [4.69, 9.17) is 9.84 Å². The number of nitrogens with zero attached hydrogens (tertiary/aromatic N) is 1. The van der Waals surface area contributed by atoms with Crippen LogP contribution in [0.25, 0.3) is 0 Å². The van der Waals surface area contributed by atoms with Crippen LogP contribution in [0.15, 0.2) is 24.3 Å². The van der Waals surface area contributed by atoms with Crippen LogP contribution in [0.4, 0.5) is 10.5 Å². The van der Waals surface area contributed by atoms with Crippen molar-refractivity contribution in [2.75, 3.05) is 37.8 Å². The van der Waals surface area contributed by atoms with Crippen molar-refractivity contribution in [3.63, 3.8) is 0 Å². The van der Waals surface area contributed by atoms with Gasteiger partial charge in [0.1, 0.15) is 0 Å². The Morgan fingerprint density at radius 3 is 2.78 bits per heavy atom. The van der Waals surface area contributed by atoms with Crippen LogP contribution in [-0.2, 0) is 9.53 Å². The minimum Gasteiger partial charge on any atom is -0.394 e. The number of anilines is 1. The first-order chi connectivity index (χ1) is 11.1. The number of carbonyl (C=O) groups excluding carboxylic acids is 2. The molecule has 1 aliphatic heterocycles. The first kappa shape index (κ1) is 17.2. The van der Waals surface area contributed by atoms with Crippen molar-refractivity contribution < 1.29 is 19.4 Å². The predicted octanol–water partition coefficient (Wildman–Crippen LogP) is 0.408. The van der Waals surface area contributed by atoms with Crippen LogP contribution in [-0.4, -0.2) is 56.0 Å². The first-order valence-electron chi connectivity index (χ1n) is 7.70. The van der Waals surface area contributed by atoms with Crippen LogP contribution in [0.2, 0.25) is 0 Å². The third-order valence-electron chi connectivity index (χ3n) is 3.57.